The fourth-order valence-electron chi connectivity index (χ4n) is 3.58. The summed E-state index contributed by atoms with van der Waals surface area (Å²) in [5, 5.41) is 10.1. The maximum atomic E-state index is 12.1. The first-order valence-electron chi connectivity index (χ1n) is 10.1. The Morgan fingerprint density at radius 3 is 2.46 bits per heavy atom. The third-order valence-corrected chi connectivity index (χ3v) is 5.48. The van der Waals surface area contributed by atoms with E-state index in [0.717, 1.165) is 32.1 Å². The number of rotatable bonds is 10. The lowest BCUT2D eigenvalue weighted by Gasteiger charge is -2.27. The number of carbonyl (C=O) groups is 1. The number of carbonyl (C=O) groups excluding carboxylic acids is 1. The molecule has 3 N–H and O–H groups in total. The lowest BCUT2D eigenvalue weighted by molar-refractivity contribution is 0.0954. The van der Waals surface area contributed by atoms with Crippen molar-refractivity contribution in [1.29, 1.82) is 0 Å². The summed E-state index contributed by atoms with van der Waals surface area (Å²) in [5.74, 6) is 0.691. The molecular formula is C21H33ClN4O2. The maximum absolute atomic E-state index is 12.1. The van der Waals surface area contributed by atoms with Gasteiger partial charge in [0.1, 0.15) is 0 Å². The first-order chi connectivity index (χ1) is 13.6. The van der Waals surface area contributed by atoms with Crippen LogP contribution in [-0.2, 0) is 4.74 Å². The smallest absolute Gasteiger partial charge is 0.251 e. The summed E-state index contributed by atoms with van der Waals surface area (Å²) in [5.41, 5.74) is 0.868. The molecule has 1 aliphatic carbocycles. The summed E-state index contributed by atoms with van der Waals surface area (Å²) >= 11 is 5.85. The van der Waals surface area contributed by atoms with Gasteiger partial charge in [-0.25, -0.2) is 0 Å². The van der Waals surface area contributed by atoms with E-state index in [4.69, 9.17) is 21.3 Å². The van der Waals surface area contributed by atoms with E-state index in [0.29, 0.717) is 23.7 Å². The molecule has 0 spiro atoms. The first-order valence-corrected chi connectivity index (χ1v) is 10.5. The van der Waals surface area contributed by atoms with Gasteiger partial charge in [-0.2, -0.15) is 0 Å². The van der Waals surface area contributed by atoms with E-state index < -0.39 is 0 Å². The molecule has 1 amide bonds. The van der Waals surface area contributed by atoms with Crippen molar-refractivity contribution in [3.63, 3.8) is 0 Å². The number of methoxy groups -OCH3 is 1. The predicted octanol–water partition coefficient (Wildman–Crippen LogP) is 3.22. The van der Waals surface area contributed by atoms with Gasteiger partial charge in [0.25, 0.3) is 5.91 Å². The average molecular weight is 409 g/mol. The Morgan fingerprint density at radius 1 is 1.14 bits per heavy atom. The molecule has 2 rings (SSSR count). The van der Waals surface area contributed by atoms with E-state index >= 15 is 0 Å². The Bertz CT molecular complexity index is 628. The number of ether oxygens (including phenoxy) is 1. The van der Waals surface area contributed by atoms with E-state index in [2.05, 4.69) is 22.9 Å². The summed E-state index contributed by atoms with van der Waals surface area (Å²) in [7, 11) is 1.76. The SMILES string of the molecule is CCNC(=NCC1(CCOC)CCCC1)NCCNC(=O)c1ccc(Cl)cc1. The maximum Gasteiger partial charge on any atom is 0.251 e. The minimum Gasteiger partial charge on any atom is -0.385 e. The van der Waals surface area contributed by atoms with E-state index in [1.54, 1.807) is 31.4 Å². The average Bonchev–Trinajstić information content (AvgIpc) is 3.17. The molecule has 0 aliphatic heterocycles. The van der Waals surface area contributed by atoms with Crippen molar-refractivity contribution < 1.29 is 9.53 Å². The standard InChI is InChI=1S/C21H33ClN4O2/c1-3-23-20(26-16-21(12-15-28-2)10-4-5-11-21)25-14-13-24-19(27)17-6-8-18(22)9-7-17/h6-9H,3-5,10-16H2,1-2H3,(H,24,27)(H2,23,25,26). The van der Waals surface area contributed by atoms with Crippen LogP contribution in [0.15, 0.2) is 29.3 Å². The highest BCUT2D eigenvalue weighted by Gasteiger charge is 2.33. The predicted molar refractivity (Wildman–Crippen MR) is 115 cm³/mol. The second-order valence-electron chi connectivity index (χ2n) is 7.33. The fourth-order valence-corrected chi connectivity index (χ4v) is 3.71. The number of nitrogens with zero attached hydrogens (tertiary/aromatic N) is 1. The van der Waals surface area contributed by atoms with Crippen LogP contribution < -0.4 is 16.0 Å². The molecule has 6 nitrogen and oxygen atoms in total. The molecule has 1 fully saturated rings. The zero-order valence-corrected chi connectivity index (χ0v) is 17.8. The van der Waals surface area contributed by atoms with Crippen molar-refractivity contribution in [1.82, 2.24) is 16.0 Å². The molecule has 0 atom stereocenters. The van der Waals surface area contributed by atoms with Crippen LogP contribution in [0.1, 0.15) is 49.4 Å². The van der Waals surface area contributed by atoms with Gasteiger partial charge in [-0.05, 0) is 55.9 Å². The fraction of sp³-hybridized carbons (Fsp3) is 0.619. The molecule has 1 saturated carbocycles. The van der Waals surface area contributed by atoms with Gasteiger partial charge < -0.3 is 20.7 Å². The molecular weight excluding hydrogens is 376 g/mol. The number of hydrogen-bond acceptors (Lipinski definition) is 3. The Kier molecular flexibility index (Phi) is 9.58. The number of guanidine groups is 1. The van der Waals surface area contributed by atoms with Crippen LogP contribution in [-0.4, -0.2) is 51.8 Å². The van der Waals surface area contributed by atoms with E-state index in [1.165, 1.54) is 25.7 Å². The van der Waals surface area contributed by atoms with Gasteiger partial charge in [0.2, 0.25) is 0 Å². The molecule has 156 valence electrons. The Hall–Kier alpha value is -1.79. The van der Waals surface area contributed by atoms with Crippen molar-refractivity contribution in [2.24, 2.45) is 10.4 Å². The molecule has 1 aromatic rings. The summed E-state index contributed by atoms with van der Waals surface area (Å²) in [4.78, 5) is 16.9. The summed E-state index contributed by atoms with van der Waals surface area (Å²) < 4.78 is 5.30. The Balaban J connectivity index is 1.80. The molecule has 28 heavy (non-hydrogen) atoms. The minimum absolute atomic E-state index is 0.107. The van der Waals surface area contributed by atoms with Gasteiger partial charge in [-0.15, -0.1) is 0 Å². The molecule has 7 heteroatoms. The molecule has 0 unspecified atom stereocenters. The van der Waals surface area contributed by atoms with Crippen LogP contribution in [0, 0.1) is 5.41 Å². The molecule has 0 bridgehead atoms. The van der Waals surface area contributed by atoms with Gasteiger partial charge in [-0.3, -0.25) is 9.79 Å². The number of nitrogens with one attached hydrogen (secondary N) is 3. The molecule has 1 aliphatic rings. The van der Waals surface area contributed by atoms with Crippen molar-refractivity contribution in [2.45, 2.75) is 39.0 Å². The Labute approximate surface area is 173 Å². The number of aliphatic imine (C=N–C) groups is 1. The monoisotopic (exact) mass is 408 g/mol. The lowest BCUT2D eigenvalue weighted by atomic mass is 9.83. The summed E-state index contributed by atoms with van der Waals surface area (Å²) in [6, 6.07) is 6.87. The van der Waals surface area contributed by atoms with Gasteiger partial charge >= 0.3 is 0 Å². The molecule has 1 aromatic carbocycles. The molecule has 0 saturated heterocycles. The summed E-state index contributed by atoms with van der Waals surface area (Å²) in [6.45, 7) is 5.57. The highest BCUT2D eigenvalue weighted by molar-refractivity contribution is 6.30. The van der Waals surface area contributed by atoms with Crippen molar-refractivity contribution in [3.05, 3.63) is 34.9 Å². The van der Waals surface area contributed by atoms with Crippen LogP contribution >= 0.6 is 11.6 Å². The van der Waals surface area contributed by atoms with Crippen LogP contribution in [0.5, 0.6) is 0 Å². The second kappa shape index (κ2) is 11.9. The van der Waals surface area contributed by atoms with Crippen molar-refractivity contribution >= 4 is 23.5 Å². The molecule has 0 aromatic heterocycles. The molecule has 0 heterocycles. The number of benzene rings is 1. The lowest BCUT2D eigenvalue weighted by Crippen LogP contribution is -2.42. The highest BCUT2D eigenvalue weighted by Crippen LogP contribution is 2.41. The van der Waals surface area contributed by atoms with Gasteiger partial charge in [-0.1, -0.05) is 24.4 Å². The zero-order valence-electron chi connectivity index (χ0n) is 17.0. The van der Waals surface area contributed by atoms with E-state index in [-0.39, 0.29) is 11.3 Å². The van der Waals surface area contributed by atoms with Crippen LogP contribution in [0.25, 0.3) is 0 Å². The third kappa shape index (κ3) is 7.32. The van der Waals surface area contributed by atoms with E-state index in [1.807, 2.05) is 0 Å². The minimum atomic E-state index is -0.107. The van der Waals surface area contributed by atoms with Crippen LogP contribution in [0.3, 0.4) is 0 Å². The van der Waals surface area contributed by atoms with Crippen molar-refractivity contribution in [2.75, 3.05) is 39.9 Å². The first kappa shape index (κ1) is 22.5. The highest BCUT2D eigenvalue weighted by atomic mass is 35.5. The number of hydrogen-bond donors (Lipinski definition) is 3. The quantitative estimate of drug-likeness (QED) is 0.315. The van der Waals surface area contributed by atoms with Crippen LogP contribution in [0.4, 0.5) is 0 Å². The number of halogens is 1. The van der Waals surface area contributed by atoms with Gasteiger partial charge in [0, 0.05) is 50.5 Å². The van der Waals surface area contributed by atoms with Gasteiger partial charge in [0.05, 0.1) is 0 Å². The van der Waals surface area contributed by atoms with E-state index in [9.17, 15) is 4.79 Å². The normalized spacial score (nSPS) is 16.0. The van der Waals surface area contributed by atoms with Gasteiger partial charge in [0.15, 0.2) is 5.96 Å². The zero-order chi connectivity index (χ0) is 20.2. The number of amides is 1. The molecule has 0 radical (unpaired) electrons. The Morgan fingerprint density at radius 2 is 1.82 bits per heavy atom. The van der Waals surface area contributed by atoms with Crippen LogP contribution in [0.2, 0.25) is 5.02 Å². The third-order valence-electron chi connectivity index (χ3n) is 5.23. The van der Waals surface area contributed by atoms with Crippen molar-refractivity contribution in [3.8, 4) is 0 Å². The summed E-state index contributed by atoms with van der Waals surface area (Å²) in [6.07, 6.45) is 6.05. The largest absolute Gasteiger partial charge is 0.385 e. The topological polar surface area (TPSA) is 74.8 Å². The second-order valence-corrected chi connectivity index (χ2v) is 7.77.